The molecule has 1 saturated heterocycles. The molecule has 1 fully saturated rings. The predicted molar refractivity (Wildman–Crippen MR) is 160 cm³/mol. The number of carbonyl (C=O) groups excluding carboxylic acids is 2. The lowest BCUT2D eigenvalue weighted by atomic mass is 10.1. The molecule has 240 valence electrons. The SMILES string of the molecule is Cc1ccc(COCC(F)(F)F)c(N2C(=O)CS/C2=N\C(=O)Nc2ccc(-c3ccn(-c4ccc(C(F)(F)F)cn4)n3)cc2C)c1. The number of hydrogen-bond donors (Lipinski definition) is 1. The van der Waals surface area contributed by atoms with E-state index >= 15 is 0 Å². The molecule has 2 aromatic heterocycles. The molecular formula is C30H24F6N6O3S. The van der Waals surface area contributed by atoms with Gasteiger partial charge in [0.1, 0.15) is 6.61 Å². The van der Waals surface area contributed by atoms with Crippen molar-refractivity contribution >= 4 is 40.2 Å². The highest BCUT2D eigenvalue weighted by molar-refractivity contribution is 8.15. The van der Waals surface area contributed by atoms with Gasteiger partial charge in [-0.15, -0.1) is 0 Å². The number of thioether (sulfide) groups is 1. The highest BCUT2D eigenvalue weighted by atomic mass is 32.2. The number of hydrogen-bond acceptors (Lipinski definition) is 6. The Morgan fingerprint density at radius 3 is 2.50 bits per heavy atom. The van der Waals surface area contributed by atoms with Crippen LogP contribution in [0, 0.1) is 13.8 Å². The van der Waals surface area contributed by atoms with Gasteiger partial charge in [0.2, 0.25) is 5.91 Å². The molecule has 4 aromatic rings. The molecule has 1 aliphatic rings. The zero-order valence-electron chi connectivity index (χ0n) is 24.1. The molecule has 0 unspecified atom stereocenters. The number of aryl methyl sites for hydroxylation is 2. The van der Waals surface area contributed by atoms with E-state index in [9.17, 15) is 35.9 Å². The van der Waals surface area contributed by atoms with E-state index in [1.165, 1.54) is 15.6 Å². The average Bonchev–Trinajstić information content (AvgIpc) is 3.61. The van der Waals surface area contributed by atoms with Crippen LogP contribution in [0.4, 0.5) is 42.5 Å². The Balaban J connectivity index is 1.30. The Labute approximate surface area is 262 Å². The van der Waals surface area contributed by atoms with E-state index in [-0.39, 0.29) is 22.4 Å². The third kappa shape index (κ3) is 7.74. The topological polar surface area (TPSA) is 102 Å². The molecule has 9 nitrogen and oxygen atoms in total. The van der Waals surface area contributed by atoms with Gasteiger partial charge in [0.15, 0.2) is 11.0 Å². The van der Waals surface area contributed by atoms with Gasteiger partial charge in [0.25, 0.3) is 0 Å². The van der Waals surface area contributed by atoms with Crippen molar-refractivity contribution in [3.8, 4) is 17.1 Å². The summed E-state index contributed by atoms with van der Waals surface area (Å²) in [5, 5.41) is 7.12. The molecule has 0 radical (unpaired) electrons. The number of nitrogens with one attached hydrogen (secondary N) is 1. The molecule has 16 heteroatoms. The molecule has 1 N–H and O–H groups in total. The van der Waals surface area contributed by atoms with E-state index in [0.29, 0.717) is 28.1 Å². The summed E-state index contributed by atoms with van der Waals surface area (Å²) < 4.78 is 82.6. The molecule has 1 aliphatic heterocycles. The zero-order chi connectivity index (χ0) is 33.2. The van der Waals surface area contributed by atoms with Crippen LogP contribution in [0.1, 0.15) is 22.3 Å². The summed E-state index contributed by atoms with van der Waals surface area (Å²) in [7, 11) is 0. The summed E-state index contributed by atoms with van der Waals surface area (Å²) in [6.45, 7) is 1.63. The third-order valence-electron chi connectivity index (χ3n) is 6.63. The molecule has 0 saturated carbocycles. The van der Waals surface area contributed by atoms with Gasteiger partial charge in [0.05, 0.1) is 29.3 Å². The predicted octanol–water partition coefficient (Wildman–Crippen LogP) is 7.32. The molecule has 0 atom stereocenters. The number of ether oxygens (including phenoxy) is 1. The number of anilines is 2. The van der Waals surface area contributed by atoms with Crippen LogP contribution in [0.25, 0.3) is 17.1 Å². The van der Waals surface area contributed by atoms with E-state index in [2.05, 4.69) is 20.4 Å². The van der Waals surface area contributed by atoms with Gasteiger partial charge in [-0.3, -0.25) is 9.69 Å². The minimum Gasteiger partial charge on any atom is -0.367 e. The van der Waals surface area contributed by atoms with Crippen LogP contribution in [0.2, 0.25) is 0 Å². The van der Waals surface area contributed by atoms with Gasteiger partial charge < -0.3 is 10.1 Å². The third-order valence-corrected chi connectivity index (χ3v) is 7.55. The van der Waals surface area contributed by atoms with Crippen molar-refractivity contribution in [1.29, 1.82) is 0 Å². The smallest absolute Gasteiger partial charge is 0.367 e. The maximum absolute atomic E-state index is 12.9. The summed E-state index contributed by atoms with van der Waals surface area (Å²) in [5.41, 5.74) is 2.68. The first kappa shape index (κ1) is 32.7. The van der Waals surface area contributed by atoms with Crippen molar-refractivity contribution in [3.05, 3.63) is 89.2 Å². The van der Waals surface area contributed by atoms with Crippen LogP contribution in [0.3, 0.4) is 0 Å². The van der Waals surface area contributed by atoms with Crippen LogP contribution >= 0.6 is 11.8 Å². The van der Waals surface area contributed by atoms with E-state index in [0.717, 1.165) is 29.6 Å². The first-order valence-corrected chi connectivity index (χ1v) is 14.5. The second-order valence-corrected chi connectivity index (χ2v) is 11.1. The van der Waals surface area contributed by atoms with Crippen molar-refractivity contribution in [3.63, 3.8) is 0 Å². The number of amidine groups is 1. The number of aromatic nitrogens is 3. The van der Waals surface area contributed by atoms with Crippen LogP contribution in [0.5, 0.6) is 0 Å². The Hall–Kier alpha value is -4.70. The lowest BCUT2D eigenvalue weighted by molar-refractivity contribution is -0.176. The van der Waals surface area contributed by atoms with Crippen molar-refractivity contribution in [2.75, 3.05) is 22.6 Å². The van der Waals surface area contributed by atoms with Crippen LogP contribution < -0.4 is 10.2 Å². The molecule has 2 aromatic carbocycles. The number of nitrogens with zero attached hydrogens (tertiary/aromatic N) is 5. The van der Waals surface area contributed by atoms with Crippen molar-refractivity contribution in [2.45, 2.75) is 32.8 Å². The molecular weight excluding hydrogens is 638 g/mol. The van der Waals surface area contributed by atoms with Crippen molar-refractivity contribution < 1.29 is 40.7 Å². The number of amides is 3. The molecule has 46 heavy (non-hydrogen) atoms. The maximum Gasteiger partial charge on any atom is 0.417 e. The Bertz CT molecular complexity index is 1800. The summed E-state index contributed by atoms with van der Waals surface area (Å²) in [6.07, 6.45) is -6.73. The van der Waals surface area contributed by atoms with Crippen LogP contribution in [-0.2, 0) is 22.3 Å². The number of halogens is 6. The average molecular weight is 663 g/mol. The molecule has 3 heterocycles. The quantitative estimate of drug-likeness (QED) is 0.208. The highest BCUT2D eigenvalue weighted by Crippen LogP contribution is 2.32. The van der Waals surface area contributed by atoms with Gasteiger partial charge in [-0.25, -0.2) is 14.5 Å². The minimum absolute atomic E-state index is 0.0226. The number of urea groups is 1. The molecule has 0 aliphatic carbocycles. The molecule has 5 rings (SSSR count). The second-order valence-electron chi connectivity index (χ2n) is 10.2. The zero-order valence-corrected chi connectivity index (χ0v) is 24.9. The van der Waals surface area contributed by atoms with Crippen molar-refractivity contribution in [1.82, 2.24) is 14.8 Å². The Morgan fingerprint density at radius 2 is 1.83 bits per heavy atom. The van der Waals surface area contributed by atoms with Gasteiger partial charge in [-0.2, -0.15) is 36.4 Å². The fourth-order valence-electron chi connectivity index (χ4n) is 4.45. The number of pyridine rings is 1. The normalized spacial score (nSPS) is 14.7. The first-order chi connectivity index (χ1) is 21.7. The standard InChI is InChI=1S/C30H24F6N6O3S/c1-17-3-4-20(14-45-16-29(31,32)33)24(11-17)42-26(43)15-46-28(42)39-27(44)38-22-7-5-19(12-18(22)2)23-9-10-41(40-23)25-8-6-21(13-37-25)30(34,35)36/h3-13H,14-16H2,1-2H3,(H,38,44)/b39-28-. The fourth-order valence-corrected chi connectivity index (χ4v) is 5.31. The monoisotopic (exact) mass is 662 g/mol. The number of alkyl halides is 6. The maximum atomic E-state index is 12.9. The van der Waals surface area contributed by atoms with E-state index in [1.54, 1.807) is 62.5 Å². The summed E-state index contributed by atoms with van der Waals surface area (Å²) in [5.74, 6) is -0.223. The van der Waals surface area contributed by atoms with E-state index in [1.807, 2.05) is 0 Å². The summed E-state index contributed by atoms with van der Waals surface area (Å²) >= 11 is 1.01. The van der Waals surface area contributed by atoms with Gasteiger partial charge in [0, 0.05) is 29.2 Å². The lowest BCUT2D eigenvalue weighted by Gasteiger charge is -2.21. The van der Waals surface area contributed by atoms with Crippen LogP contribution in [0.15, 0.2) is 72.0 Å². The minimum atomic E-state index is -4.51. The highest BCUT2D eigenvalue weighted by Gasteiger charge is 2.33. The summed E-state index contributed by atoms with van der Waals surface area (Å²) in [6, 6.07) is 12.9. The van der Waals surface area contributed by atoms with Crippen molar-refractivity contribution in [2.24, 2.45) is 4.99 Å². The molecule has 0 spiro atoms. The molecule has 3 amide bonds. The first-order valence-electron chi connectivity index (χ1n) is 13.5. The van der Waals surface area contributed by atoms with Gasteiger partial charge in [-0.05, 0) is 61.4 Å². The molecule has 0 bridgehead atoms. The largest absolute Gasteiger partial charge is 0.417 e. The Morgan fingerprint density at radius 1 is 1.04 bits per heavy atom. The van der Waals surface area contributed by atoms with Gasteiger partial charge >= 0.3 is 18.4 Å². The fraction of sp³-hybridized carbons (Fsp3) is 0.233. The number of carbonyl (C=O) groups is 2. The van der Waals surface area contributed by atoms with Crippen LogP contribution in [-0.4, -0.2) is 50.4 Å². The summed E-state index contributed by atoms with van der Waals surface area (Å²) in [4.78, 5) is 34.9. The number of aliphatic imine (C=N–C) groups is 1. The number of rotatable bonds is 7. The number of benzene rings is 2. The lowest BCUT2D eigenvalue weighted by Crippen LogP contribution is -2.31. The van der Waals surface area contributed by atoms with Gasteiger partial charge in [-0.1, -0.05) is 30.0 Å². The van der Waals surface area contributed by atoms with E-state index < -0.39 is 43.1 Å². The van der Waals surface area contributed by atoms with E-state index in [4.69, 9.17) is 4.74 Å². The second kappa shape index (κ2) is 13.0. The Kier molecular flexibility index (Phi) is 9.21.